The summed E-state index contributed by atoms with van der Waals surface area (Å²) < 4.78 is 10.1. The van der Waals surface area contributed by atoms with Crippen LogP contribution in [0.4, 0.5) is 0 Å². The fourth-order valence-electron chi connectivity index (χ4n) is 1.44. The first-order chi connectivity index (χ1) is 8.13. The van der Waals surface area contributed by atoms with E-state index >= 15 is 0 Å². The van der Waals surface area contributed by atoms with Gasteiger partial charge in [0.2, 0.25) is 0 Å². The summed E-state index contributed by atoms with van der Waals surface area (Å²) in [6.07, 6.45) is 0. The Bertz CT molecular complexity index is 520. The molecule has 5 heteroatoms. The number of benzene rings is 1. The van der Waals surface area contributed by atoms with Crippen molar-refractivity contribution in [3.8, 4) is 23.0 Å². The van der Waals surface area contributed by atoms with Gasteiger partial charge in [-0.1, -0.05) is 25.1 Å². The molecule has 1 heterocycles. The molecule has 2 aromatic rings. The third-order valence-electron chi connectivity index (χ3n) is 2.41. The zero-order valence-electron chi connectivity index (χ0n) is 9.97. The third-order valence-corrected chi connectivity index (χ3v) is 2.41. The summed E-state index contributed by atoms with van der Waals surface area (Å²) in [6, 6.07) is 5.13. The van der Waals surface area contributed by atoms with Crippen LogP contribution in [0.3, 0.4) is 0 Å². The average Bonchev–Trinajstić information content (AvgIpc) is 2.78. The molecule has 1 aromatic heterocycles. The zero-order valence-corrected chi connectivity index (χ0v) is 9.97. The lowest BCUT2D eigenvalue weighted by molar-refractivity contribution is 0.371. The molecule has 0 fully saturated rings. The molecule has 0 bridgehead atoms. The molecule has 0 saturated heterocycles. The normalized spacial score (nSPS) is 10.8. The zero-order chi connectivity index (χ0) is 12.4. The molecule has 1 N–H and O–H groups in total. The van der Waals surface area contributed by atoms with E-state index in [2.05, 4.69) is 10.1 Å². The molecule has 90 valence electrons. The number of nitrogens with zero attached hydrogens (tertiary/aromatic N) is 2. The van der Waals surface area contributed by atoms with Crippen LogP contribution >= 0.6 is 0 Å². The summed E-state index contributed by atoms with van der Waals surface area (Å²) in [5.41, 5.74) is 0.476. The minimum absolute atomic E-state index is 0.00829. The van der Waals surface area contributed by atoms with Crippen molar-refractivity contribution in [1.82, 2.24) is 10.1 Å². The van der Waals surface area contributed by atoms with Crippen molar-refractivity contribution in [2.45, 2.75) is 19.8 Å². The first-order valence-corrected chi connectivity index (χ1v) is 5.33. The highest BCUT2D eigenvalue weighted by atomic mass is 16.5. The number of rotatable bonds is 3. The number of phenols is 1. The van der Waals surface area contributed by atoms with Gasteiger partial charge in [-0.25, -0.2) is 0 Å². The number of aromatic nitrogens is 2. The maximum atomic E-state index is 9.94. The quantitative estimate of drug-likeness (QED) is 0.883. The summed E-state index contributed by atoms with van der Waals surface area (Å²) in [5, 5.41) is 13.8. The fourth-order valence-corrected chi connectivity index (χ4v) is 1.44. The molecule has 2 rings (SSSR count). The van der Waals surface area contributed by atoms with Gasteiger partial charge in [-0.2, -0.15) is 4.98 Å². The van der Waals surface area contributed by atoms with Crippen LogP contribution in [0.2, 0.25) is 0 Å². The standard InChI is InChI=1S/C12H14N2O3/c1-7(2)11-13-12(17-14-11)8-5-4-6-9(16-3)10(8)15/h4-7,15H,1-3H3. The molecule has 0 aliphatic carbocycles. The van der Waals surface area contributed by atoms with Gasteiger partial charge >= 0.3 is 0 Å². The van der Waals surface area contributed by atoms with E-state index in [0.717, 1.165) is 0 Å². The van der Waals surface area contributed by atoms with Crippen LogP contribution in [-0.2, 0) is 0 Å². The van der Waals surface area contributed by atoms with E-state index in [0.29, 0.717) is 23.0 Å². The van der Waals surface area contributed by atoms with E-state index in [-0.39, 0.29) is 11.7 Å². The summed E-state index contributed by atoms with van der Waals surface area (Å²) in [7, 11) is 1.49. The summed E-state index contributed by atoms with van der Waals surface area (Å²) in [4.78, 5) is 4.22. The molecule has 0 saturated carbocycles. The molecule has 5 nitrogen and oxygen atoms in total. The maximum Gasteiger partial charge on any atom is 0.261 e. The van der Waals surface area contributed by atoms with E-state index in [9.17, 15) is 5.11 Å². The van der Waals surface area contributed by atoms with Crippen LogP contribution in [0, 0.1) is 0 Å². The van der Waals surface area contributed by atoms with Gasteiger partial charge in [-0.3, -0.25) is 0 Å². The van der Waals surface area contributed by atoms with Crippen molar-refractivity contribution >= 4 is 0 Å². The Balaban J connectivity index is 2.45. The Morgan fingerprint density at radius 1 is 1.35 bits per heavy atom. The number of hydrogen-bond donors (Lipinski definition) is 1. The number of phenolic OH excluding ortho intramolecular Hbond substituents is 1. The van der Waals surface area contributed by atoms with Gasteiger partial charge in [0, 0.05) is 5.92 Å². The molecular weight excluding hydrogens is 220 g/mol. The highest BCUT2D eigenvalue weighted by Gasteiger charge is 2.16. The van der Waals surface area contributed by atoms with Crippen molar-refractivity contribution in [2.75, 3.05) is 7.11 Å². The number of methoxy groups -OCH3 is 1. The number of hydrogen-bond acceptors (Lipinski definition) is 5. The second kappa shape index (κ2) is 4.45. The monoisotopic (exact) mass is 234 g/mol. The maximum absolute atomic E-state index is 9.94. The summed E-state index contributed by atoms with van der Waals surface area (Å²) in [6.45, 7) is 3.94. The number of aromatic hydroxyl groups is 1. The Morgan fingerprint density at radius 2 is 2.12 bits per heavy atom. The van der Waals surface area contributed by atoms with Gasteiger partial charge in [0.25, 0.3) is 5.89 Å². The van der Waals surface area contributed by atoms with Gasteiger partial charge in [-0.05, 0) is 12.1 Å². The molecule has 0 unspecified atom stereocenters. The minimum Gasteiger partial charge on any atom is -0.504 e. The molecule has 0 atom stereocenters. The lowest BCUT2D eigenvalue weighted by Crippen LogP contribution is -1.90. The topological polar surface area (TPSA) is 68.4 Å². The minimum atomic E-state index is 0.00829. The molecule has 0 amide bonds. The second-order valence-corrected chi connectivity index (χ2v) is 3.97. The summed E-state index contributed by atoms with van der Waals surface area (Å²) in [5.74, 6) is 1.48. The van der Waals surface area contributed by atoms with E-state index in [1.807, 2.05) is 13.8 Å². The largest absolute Gasteiger partial charge is 0.504 e. The second-order valence-electron chi connectivity index (χ2n) is 3.97. The van der Waals surface area contributed by atoms with E-state index < -0.39 is 0 Å². The molecule has 0 aliphatic rings. The first kappa shape index (κ1) is 11.4. The van der Waals surface area contributed by atoms with Crippen LogP contribution in [0.1, 0.15) is 25.6 Å². The van der Waals surface area contributed by atoms with Gasteiger partial charge in [0.15, 0.2) is 17.3 Å². The van der Waals surface area contributed by atoms with Crippen molar-refractivity contribution in [2.24, 2.45) is 0 Å². The Kier molecular flexibility index (Phi) is 2.99. The fraction of sp³-hybridized carbons (Fsp3) is 0.333. The average molecular weight is 234 g/mol. The van der Waals surface area contributed by atoms with Crippen LogP contribution in [0.5, 0.6) is 11.5 Å². The van der Waals surface area contributed by atoms with Crippen molar-refractivity contribution in [3.63, 3.8) is 0 Å². The third kappa shape index (κ3) is 2.08. The van der Waals surface area contributed by atoms with Crippen LogP contribution < -0.4 is 4.74 Å². The van der Waals surface area contributed by atoms with Crippen LogP contribution in [0.15, 0.2) is 22.7 Å². The predicted octanol–water partition coefficient (Wildman–Crippen LogP) is 2.57. The van der Waals surface area contributed by atoms with Gasteiger partial charge in [0.1, 0.15) is 0 Å². The van der Waals surface area contributed by atoms with Crippen LogP contribution in [-0.4, -0.2) is 22.4 Å². The highest BCUT2D eigenvalue weighted by molar-refractivity contribution is 5.66. The van der Waals surface area contributed by atoms with Crippen molar-refractivity contribution < 1.29 is 14.4 Å². The number of ether oxygens (including phenoxy) is 1. The lowest BCUT2D eigenvalue weighted by Gasteiger charge is -2.04. The van der Waals surface area contributed by atoms with E-state index in [4.69, 9.17) is 9.26 Å². The molecule has 1 aromatic carbocycles. The smallest absolute Gasteiger partial charge is 0.261 e. The molecule has 0 radical (unpaired) electrons. The Morgan fingerprint density at radius 3 is 2.71 bits per heavy atom. The SMILES string of the molecule is COc1cccc(-c2nc(C(C)C)no2)c1O. The Hall–Kier alpha value is -2.04. The van der Waals surface area contributed by atoms with Crippen molar-refractivity contribution in [3.05, 3.63) is 24.0 Å². The first-order valence-electron chi connectivity index (χ1n) is 5.33. The predicted molar refractivity (Wildman–Crippen MR) is 62.0 cm³/mol. The summed E-state index contributed by atoms with van der Waals surface area (Å²) >= 11 is 0. The molecular formula is C12H14N2O3. The highest BCUT2D eigenvalue weighted by Crippen LogP contribution is 2.36. The molecule has 17 heavy (non-hydrogen) atoms. The molecule has 0 spiro atoms. The number of para-hydroxylation sites is 1. The van der Waals surface area contributed by atoms with Crippen LogP contribution in [0.25, 0.3) is 11.5 Å². The van der Waals surface area contributed by atoms with Gasteiger partial charge < -0.3 is 14.4 Å². The Labute approximate surface area is 99.0 Å². The van der Waals surface area contributed by atoms with Gasteiger partial charge in [-0.15, -0.1) is 0 Å². The van der Waals surface area contributed by atoms with E-state index in [1.54, 1.807) is 18.2 Å². The van der Waals surface area contributed by atoms with Crippen molar-refractivity contribution in [1.29, 1.82) is 0 Å². The van der Waals surface area contributed by atoms with Gasteiger partial charge in [0.05, 0.1) is 12.7 Å². The molecule has 0 aliphatic heterocycles. The lowest BCUT2D eigenvalue weighted by atomic mass is 10.2. The van der Waals surface area contributed by atoms with E-state index in [1.165, 1.54) is 7.11 Å².